The molecule has 120 valence electrons. The van der Waals surface area contributed by atoms with E-state index in [9.17, 15) is 0 Å². The molecular weight excluding hydrogens is 278 g/mol. The van der Waals surface area contributed by atoms with E-state index in [0.717, 1.165) is 52.5 Å². The molecule has 0 saturated carbocycles. The molecule has 1 aromatic heterocycles. The molecule has 0 N–H and O–H groups in total. The maximum absolute atomic E-state index is 6.17. The lowest BCUT2D eigenvalue weighted by molar-refractivity contribution is -0.142. The third-order valence-corrected chi connectivity index (χ3v) is 4.27. The van der Waals surface area contributed by atoms with Gasteiger partial charge in [0.25, 0.3) is 0 Å². The van der Waals surface area contributed by atoms with Gasteiger partial charge in [-0.15, -0.1) is 6.58 Å². The van der Waals surface area contributed by atoms with E-state index in [2.05, 4.69) is 27.4 Å². The summed E-state index contributed by atoms with van der Waals surface area (Å²) in [6.07, 6.45) is 5.71. The molecule has 22 heavy (non-hydrogen) atoms. The molecule has 1 atom stereocenters. The highest BCUT2D eigenvalue weighted by atomic mass is 16.5. The number of nitrogens with zero attached hydrogens (tertiary/aromatic N) is 3. The summed E-state index contributed by atoms with van der Waals surface area (Å²) in [7, 11) is 0. The summed E-state index contributed by atoms with van der Waals surface area (Å²) in [6, 6.07) is 4.12. The molecule has 2 aliphatic rings. The minimum atomic E-state index is -0.222. The Labute approximate surface area is 132 Å². The van der Waals surface area contributed by atoms with Crippen LogP contribution in [0, 0.1) is 0 Å². The van der Waals surface area contributed by atoms with Crippen LogP contribution in [0.5, 0.6) is 0 Å². The zero-order valence-electron chi connectivity index (χ0n) is 13.1. The molecule has 3 rings (SSSR count). The fraction of sp³-hybridized carbons (Fsp3) is 0.588. The predicted molar refractivity (Wildman–Crippen MR) is 85.7 cm³/mol. The van der Waals surface area contributed by atoms with Gasteiger partial charge < -0.3 is 9.47 Å². The topological polar surface area (TPSA) is 37.8 Å². The van der Waals surface area contributed by atoms with Gasteiger partial charge >= 0.3 is 0 Å². The van der Waals surface area contributed by atoms with Crippen LogP contribution in [-0.2, 0) is 16.0 Å². The van der Waals surface area contributed by atoms with Crippen LogP contribution in [0.2, 0.25) is 0 Å². The second-order valence-corrected chi connectivity index (χ2v) is 6.18. The number of ether oxygens (including phenoxy) is 2. The Morgan fingerprint density at radius 1 is 1.27 bits per heavy atom. The average molecular weight is 303 g/mol. The van der Waals surface area contributed by atoms with E-state index in [1.807, 2.05) is 24.5 Å². The molecule has 0 aliphatic carbocycles. The number of hydrogen-bond acceptors (Lipinski definition) is 5. The van der Waals surface area contributed by atoms with Crippen molar-refractivity contribution in [3.63, 3.8) is 0 Å². The van der Waals surface area contributed by atoms with E-state index in [0.29, 0.717) is 6.61 Å². The van der Waals surface area contributed by atoms with Crippen LogP contribution >= 0.6 is 0 Å². The van der Waals surface area contributed by atoms with Crippen LogP contribution in [0.4, 0.5) is 0 Å². The van der Waals surface area contributed by atoms with Crippen LogP contribution in [0.1, 0.15) is 5.56 Å². The van der Waals surface area contributed by atoms with Gasteiger partial charge in [0.05, 0.1) is 19.8 Å². The molecule has 0 radical (unpaired) electrons. The highest BCUT2D eigenvalue weighted by Gasteiger charge is 2.39. The molecule has 0 aromatic carbocycles. The van der Waals surface area contributed by atoms with E-state index >= 15 is 0 Å². The van der Waals surface area contributed by atoms with Gasteiger partial charge in [0.2, 0.25) is 0 Å². The van der Waals surface area contributed by atoms with Gasteiger partial charge in [0, 0.05) is 51.7 Å². The quantitative estimate of drug-likeness (QED) is 0.781. The first-order valence-electron chi connectivity index (χ1n) is 7.96. The Morgan fingerprint density at radius 2 is 2.14 bits per heavy atom. The van der Waals surface area contributed by atoms with Gasteiger partial charge in [-0.1, -0.05) is 12.1 Å². The van der Waals surface area contributed by atoms with Crippen molar-refractivity contribution in [3.05, 3.63) is 42.7 Å². The van der Waals surface area contributed by atoms with E-state index < -0.39 is 0 Å². The van der Waals surface area contributed by atoms with Crippen molar-refractivity contribution >= 4 is 0 Å². The van der Waals surface area contributed by atoms with Crippen LogP contribution in [0.25, 0.3) is 0 Å². The second kappa shape index (κ2) is 7.33. The highest BCUT2D eigenvalue weighted by molar-refractivity contribution is 5.09. The van der Waals surface area contributed by atoms with Crippen molar-refractivity contribution in [2.45, 2.75) is 12.1 Å². The first-order chi connectivity index (χ1) is 10.8. The molecule has 3 heterocycles. The van der Waals surface area contributed by atoms with Gasteiger partial charge in [0.15, 0.2) is 0 Å². The van der Waals surface area contributed by atoms with Crippen LogP contribution in [0.15, 0.2) is 37.2 Å². The lowest BCUT2D eigenvalue weighted by atomic mass is 10.0. The van der Waals surface area contributed by atoms with Crippen molar-refractivity contribution in [2.75, 3.05) is 52.5 Å². The van der Waals surface area contributed by atoms with E-state index in [-0.39, 0.29) is 5.60 Å². The summed E-state index contributed by atoms with van der Waals surface area (Å²) in [4.78, 5) is 9.02. The summed E-state index contributed by atoms with van der Waals surface area (Å²) >= 11 is 0. The minimum absolute atomic E-state index is 0.222. The van der Waals surface area contributed by atoms with Crippen molar-refractivity contribution in [1.82, 2.24) is 14.8 Å². The summed E-state index contributed by atoms with van der Waals surface area (Å²) in [5, 5.41) is 0. The van der Waals surface area contributed by atoms with Crippen molar-refractivity contribution in [2.24, 2.45) is 0 Å². The molecular formula is C17H25N3O2. The average Bonchev–Trinajstić information content (AvgIpc) is 2.71. The Bertz CT molecular complexity index is 482. The van der Waals surface area contributed by atoms with E-state index in [1.165, 1.54) is 5.56 Å². The maximum atomic E-state index is 6.17. The van der Waals surface area contributed by atoms with Crippen LogP contribution in [0.3, 0.4) is 0 Å². The molecule has 2 saturated heterocycles. The molecule has 5 heteroatoms. The second-order valence-electron chi connectivity index (χ2n) is 6.18. The smallest absolute Gasteiger partial charge is 0.117 e. The Kier molecular flexibility index (Phi) is 5.20. The number of morpholine rings is 1. The Hall–Kier alpha value is -1.27. The number of pyridine rings is 1. The molecule has 0 amide bonds. The van der Waals surface area contributed by atoms with E-state index in [4.69, 9.17) is 9.47 Å². The lowest BCUT2D eigenvalue weighted by Crippen LogP contribution is -2.58. The first kappa shape index (κ1) is 15.6. The summed E-state index contributed by atoms with van der Waals surface area (Å²) in [6.45, 7) is 11.5. The summed E-state index contributed by atoms with van der Waals surface area (Å²) in [5.74, 6) is 0. The normalized spacial score (nSPS) is 27.6. The first-order valence-corrected chi connectivity index (χ1v) is 7.96. The van der Waals surface area contributed by atoms with Crippen LogP contribution < -0.4 is 0 Å². The molecule has 0 unspecified atom stereocenters. The SMILES string of the molecule is C=CCN1CCOC[C@]2(C1)CN(Cc1cccnc1)CCO2. The zero-order chi connectivity index (χ0) is 15.3. The molecule has 0 bridgehead atoms. The van der Waals surface area contributed by atoms with Crippen molar-refractivity contribution in [3.8, 4) is 0 Å². The molecule has 1 spiro atoms. The Morgan fingerprint density at radius 3 is 2.95 bits per heavy atom. The van der Waals surface area contributed by atoms with Crippen molar-refractivity contribution in [1.29, 1.82) is 0 Å². The van der Waals surface area contributed by atoms with E-state index in [1.54, 1.807) is 0 Å². The molecule has 1 aromatic rings. The molecule has 5 nitrogen and oxygen atoms in total. The van der Waals surface area contributed by atoms with Gasteiger partial charge in [-0.3, -0.25) is 14.8 Å². The Balaban J connectivity index is 1.66. The monoisotopic (exact) mass is 303 g/mol. The summed E-state index contributed by atoms with van der Waals surface area (Å²) < 4.78 is 12.0. The third kappa shape index (κ3) is 3.93. The van der Waals surface area contributed by atoms with Gasteiger partial charge in [-0.2, -0.15) is 0 Å². The maximum Gasteiger partial charge on any atom is 0.117 e. The number of hydrogen-bond donors (Lipinski definition) is 0. The van der Waals surface area contributed by atoms with Gasteiger partial charge in [-0.05, 0) is 11.6 Å². The number of rotatable bonds is 4. The fourth-order valence-electron chi connectivity index (χ4n) is 3.31. The minimum Gasteiger partial charge on any atom is -0.377 e. The molecule has 2 fully saturated rings. The van der Waals surface area contributed by atoms with Gasteiger partial charge in [-0.25, -0.2) is 0 Å². The predicted octanol–water partition coefficient (Wildman–Crippen LogP) is 1.17. The van der Waals surface area contributed by atoms with Crippen LogP contribution in [-0.4, -0.2) is 72.9 Å². The fourth-order valence-corrected chi connectivity index (χ4v) is 3.31. The summed E-state index contributed by atoms with van der Waals surface area (Å²) in [5.41, 5.74) is 1.03. The standard InChI is InChI=1S/C17H25N3O2/c1-2-6-19-7-9-21-15-17(13-19)14-20(8-10-22-17)12-16-4-3-5-18-11-16/h2-5,11H,1,6-10,12-15H2/t17-/m0/s1. The zero-order valence-corrected chi connectivity index (χ0v) is 13.1. The largest absolute Gasteiger partial charge is 0.377 e. The highest BCUT2D eigenvalue weighted by Crippen LogP contribution is 2.23. The number of aromatic nitrogens is 1. The van der Waals surface area contributed by atoms with Crippen molar-refractivity contribution < 1.29 is 9.47 Å². The third-order valence-electron chi connectivity index (χ3n) is 4.27. The lowest BCUT2D eigenvalue weighted by Gasteiger charge is -2.43. The van der Waals surface area contributed by atoms with Gasteiger partial charge in [0.1, 0.15) is 5.60 Å². The molecule has 2 aliphatic heterocycles.